The number of amides is 1. The Morgan fingerprint density at radius 2 is 1.65 bits per heavy atom. The largest absolute Gasteiger partial charge is 0.486 e. The van der Waals surface area contributed by atoms with Crippen LogP contribution in [-0.4, -0.2) is 28.3 Å². The van der Waals surface area contributed by atoms with E-state index < -0.39 is 11.6 Å². The number of para-hydroxylation sites is 1. The Hall–Kier alpha value is -4.33. The molecule has 3 aromatic carbocycles. The van der Waals surface area contributed by atoms with Gasteiger partial charge in [-0.2, -0.15) is 0 Å². The van der Waals surface area contributed by atoms with Crippen molar-refractivity contribution in [2.45, 2.75) is 20.0 Å². The number of hydrogen-bond donors (Lipinski definition) is 1. The molecule has 0 saturated heterocycles. The molecule has 0 radical (unpaired) electrons. The molecule has 5 rings (SSSR count). The highest BCUT2D eigenvalue weighted by Gasteiger charge is 2.17. The highest BCUT2D eigenvalue weighted by molar-refractivity contribution is 5.92. The lowest BCUT2D eigenvalue weighted by Gasteiger charge is -2.19. The molecular weight excluding hydrogens is 434 g/mol. The van der Waals surface area contributed by atoms with Gasteiger partial charge in [0.1, 0.15) is 19.8 Å². The van der Waals surface area contributed by atoms with Gasteiger partial charge >= 0.3 is 5.69 Å². The number of nitrogens with zero attached hydrogens (tertiary/aromatic N) is 2. The summed E-state index contributed by atoms with van der Waals surface area (Å²) >= 11 is 0. The van der Waals surface area contributed by atoms with Crippen molar-refractivity contribution in [2.75, 3.05) is 18.5 Å². The van der Waals surface area contributed by atoms with E-state index in [9.17, 15) is 14.4 Å². The van der Waals surface area contributed by atoms with Crippen LogP contribution in [0.1, 0.15) is 11.1 Å². The zero-order valence-electron chi connectivity index (χ0n) is 18.6. The van der Waals surface area contributed by atoms with Crippen molar-refractivity contribution >= 4 is 22.5 Å². The van der Waals surface area contributed by atoms with Crippen LogP contribution in [0.4, 0.5) is 5.69 Å². The van der Waals surface area contributed by atoms with Gasteiger partial charge in [0.05, 0.1) is 17.4 Å². The average Bonchev–Trinajstić information content (AvgIpc) is 2.85. The van der Waals surface area contributed by atoms with E-state index in [1.807, 2.05) is 31.2 Å². The summed E-state index contributed by atoms with van der Waals surface area (Å²) in [5, 5.41) is 3.18. The zero-order valence-corrected chi connectivity index (χ0v) is 18.6. The van der Waals surface area contributed by atoms with Crippen LogP contribution in [0.3, 0.4) is 0 Å². The van der Waals surface area contributed by atoms with Crippen LogP contribution in [0.25, 0.3) is 10.9 Å². The van der Waals surface area contributed by atoms with Gasteiger partial charge in [0, 0.05) is 11.8 Å². The molecule has 8 heteroatoms. The fraction of sp³-hybridized carbons (Fsp3) is 0.192. The van der Waals surface area contributed by atoms with Crippen LogP contribution in [-0.2, 0) is 17.9 Å². The molecule has 1 aliphatic heterocycles. The molecule has 0 fully saturated rings. The van der Waals surface area contributed by atoms with Gasteiger partial charge in [0.15, 0.2) is 11.5 Å². The molecule has 1 N–H and O–H groups in total. The lowest BCUT2D eigenvalue weighted by Crippen LogP contribution is -2.42. The van der Waals surface area contributed by atoms with E-state index in [1.165, 1.54) is 9.13 Å². The first-order valence-corrected chi connectivity index (χ1v) is 11.0. The van der Waals surface area contributed by atoms with Gasteiger partial charge in [-0.05, 0) is 36.8 Å². The summed E-state index contributed by atoms with van der Waals surface area (Å²) in [6.45, 7) is 2.76. The summed E-state index contributed by atoms with van der Waals surface area (Å²) in [6.07, 6.45) is 0. The molecule has 0 unspecified atom stereocenters. The summed E-state index contributed by atoms with van der Waals surface area (Å²) in [7, 11) is 0. The SMILES string of the molecule is Cc1ccc(Cn2c(=O)c3ccccc3n(CC(=O)Nc3ccc4c(c3)OCCO4)c2=O)cc1. The molecule has 172 valence electrons. The Labute approximate surface area is 195 Å². The molecule has 34 heavy (non-hydrogen) atoms. The molecule has 0 saturated carbocycles. The molecule has 8 nitrogen and oxygen atoms in total. The Morgan fingerprint density at radius 3 is 2.44 bits per heavy atom. The highest BCUT2D eigenvalue weighted by atomic mass is 16.6. The number of benzene rings is 3. The van der Waals surface area contributed by atoms with E-state index in [1.54, 1.807) is 42.5 Å². The van der Waals surface area contributed by atoms with Crippen LogP contribution in [0.5, 0.6) is 11.5 Å². The molecule has 0 aliphatic carbocycles. The number of rotatable bonds is 5. The number of aromatic nitrogens is 2. The highest BCUT2D eigenvalue weighted by Crippen LogP contribution is 2.32. The molecular formula is C26H23N3O5. The van der Waals surface area contributed by atoms with E-state index in [0.717, 1.165) is 11.1 Å². The molecule has 0 atom stereocenters. The van der Waals surface area contributed by atoms with Crippen molar-refractivity contribution in [3.8, 4) is 11.5 Å². The first-order valence-electron chi connectivity index (χ1n) is 11.0. The lowest BCUT2D eigenvalue weighted by atomic mass is 10.1. The minimum absolute atomic E-state index is 0.118. The third-order valence-corrected chi connectivity index (χ3v) is 5.72. The number of aryl methyl sites for hydroxylation is 1. The van der Waals surface area contributed by atoms with E-state index in [-0.39, 0.29) is 18.6 Å². The van der Waals surface area contributed by atoms with E-state index >= 15 is 0 Å². The van der Waals surface area contributed by atoms with Crippen molar-refractivity contribution in [3.63, 3.8) is 0 Å². The maximum Gasteiger partial charge on any atom is 0.332 e. The van der Waals surface area contributed by atoms with E-state index in [2.05, 4.69) is 5.32 Å². The standard InChI is InChI=1S/C26H23N3O5/c1-17-6-8-18(9-7-17)15-29-25(31)20-4-2-3-5-21(20)28(26(29)32)16-24(30)27-19-10-11-22-23(14-19)34-13-12-33-22/h2-11,14H,12-13,15-16H2,1H3,(H,27,30). The first kappa shape index (κ1) is 21.5. The van der Waals surface area contributed by atoms with Crippen molar-refractivity contribution in [3.05, 3.63) is 98.7 Å². The van der Waals surface area contributed by atoms with Gasteiger partial charge in [-0.3, -0.25) is 18.7 Å². The third kappa shape index (κ3) is 4.17. The predicted molar refractivity (Wildman–Crippen MR) is 129 cm³/mol. The van der Waals surface area contributed by atoms with E-state index in [4.69, 9.17) is 9.47 Å². The first-order chi connectivity index (χ1) is 16.5. The lowest BCUT2D eigenvalue weighted by molar-refractivity contribution is -0.116. The summed E-state index contributed by atoms with van der Waals surface area (Å²) in [5.74, 6) is 0.775. The maximum atomic E-state index is 13.4. The number of fused-ring (bicyclic) bond motifs is 2. The molecule has 1 aromatic heterocycles. The van der Waals surface area contributed by atoms with Gasteiger partial charge in [0.2, 0.25) is 5.91 Å². The minimum Gasteiger partial charge on any atom is -0.486 e. The quantitative estimate of drug-likeness (QED) is 0.498. The van der Waals surface area contributed by atoms with Gasteiger partial charge in [-0.25, -0.2) is 4.79 Å². The summed E-state index contributed by atoms with van der Waals surface area (Å²) < 4.78 is 13.6. The van der Waals surface area contributed by atoms with Crippen molar-refractivity contribution in [1.29, 1.82) is 0 Å². The Kier molecular flexibility index (Phi) is 5.63. The number of hydrogen-bond acceptors (Lipinski definition) is 5. The van der Waals surface area contributed by atoms with Crippen molar-refractivity contribution in [1.82, 2.24) is 9.13 Å². The van der Waals surface area contributed by atoms with Crippen LogP contribution in [0.2, 0.25) is 0 Å². The Bertz CT molecular complexity index is 1500. The summed E-state index contributed by atoms with van der Waals surface area (Å²) in [6, 6.07) is 19.6. The normalized spacial score (nSPS) is 12.5. The molecule has 1 amide bonds. The van der Waals surface area contributed by atoms with Gasteiger partial charge in [-0.15, -0.1) is 0 Å². The third-order valence-electron chi connectivity index (χ3n) is 5.72. The second-order valence-electron chi connectivity index (χ2n) is 8.17. The van der Waals surface area contributed by atoms with Crippen LogP contribution in [0.15, 0.2) is 76.3 Å². The van der Waals surface area contributed by atoms with Gasteiger partial charge in [-0.1, -0.05) is 42.0 Å². The Morgan fingerprint density at radius 1 is 0.912 bits per heavy atom. The van der Waals surface area contributed by atoms with Gasteiger partial charge in [0.25, 0.3) is 5.56 Å². The maximum absolute atomic E-state index is 13.4. The molecule has 0 spiro atoms. The minimum atomic E-state index is -0.540. The number of ether oxygens (including phenoxy) is 2. The van der Waals surface area contributed by atoms with Crippen LogP contribution >= 0.6 is 0 Å². The molecule has 4 aromatic rings. The average molecular weight is 457 g/mol. The smallest absolute Gasteiger partial charge is 0.332 e. The molecule has 1 aliphatic rings. The van der Waals surface area contributed by atoms with Crippen molar-refractivity contribution < 1.29 is 14.3 Å². The zero-order chi connectivity index (χ0) is 23.7. The number of nitrogens with one attached hydrogen (secondary N) is 1. The molecule has 2 heterocycles. The number of carbonyl (C=O) groups is 1. The monoisotopic (exact) mass is 457 g/mol. The van der Waals surface area contributed by atoms with E-state index in [0.29, 0.717) is 41.3 Å². The summed E-state index contributed by atoms with van der Waals surface area (Å²) in [4.78, 5) is 39.4. The topological polar surface area (TPSA) is 91.6 Å². The van der Waals surface area contributed by atoms with Crippen LogP contribution < -0.4 is 26.0 Å². The predicted octanol–water partition coefficient (Wildman–Crippen LogP) is 2.93. The Balaban J connectivity index is 1.48. The van der Waals surface area contributed by atoms with Gasteiger partial charge < -0.3 is 14.8 Å². The molecule has 0 bridgehead atoms. The number of carbonyl (C=O) groups excluding carboxylic acids is 1. The fourth-order valence-corrected chi connectivity index (χ4v) is 4.00. The second-order valence-corrected chi connectivity index (χ2v) is 8.17. The van der Waals surface area contributed by atoms with Crippen LogP contribution in [0, 0.1) is 6.92 Å². The van der Waals surface area contributed by atoms with Crippen molar-refractivity contribution in [2.24, 2.45) is 0 Å². The summed E-state index contributed by atoms with van der Waals surface area (Å²) in [5.41, 5.74) is 1.93. The fourth-order valence-electron chi connectivity index (χ4n) is 4.00. The number of anilines is 1. The second kappa shape index (κ2) is 8.90.